The summed E-state index contributed by atoms with van der Waals surface area (Å²) in [5.41, 5.74) is 6.23. The van der Waals surface area contributed by atoms with E-state index in [1.165, 1.54) is 40.6 Å². The number of thiazole rings is 3. The summed E-state index contributed by atoms with van der Waals surface area (Å²) in [5.74, 6) is 0.156. The summed E-state index contributed by atoms with van der Waals surface area (Å²) < 4.78 is 0. The Balaban J connectivity index is 0.000000175. The minimum atomic E-state index is 0.0631. The number of nitrogens with zero attached hydrogens (tertiary/aromatic N) is 10. The lowest BCUT2D eigenvalue weighted by Gasteiger charge is -2.49. The maximum absolute atomic E-state index is 12.5. The van der Waals surface area contributed by atoms with Crippen molar-refractivity contribution in [1.29, 1.82) is 0 Å². The lowest BCUT2D eigenvalue weighted by Crippen LogP contribution is -2.62. The van der Waals surface area contributed by atoms with Crippen molar-refractivity contribution in [3.05, 3.63) is 117 Å². The van der Waals surface area contributed by atoms with Gasteiger partial charge in [0.05, 0.1) is 10.6 Å². The van der Waals surface area contributed by atoms with E-state index < -0.39 is 0 Å². The van der Waals surface area contributed by atoms with Crippen LogP contribution in [0, 0.1) is 6.92 Å². The second-order valence-corrected chi connectivity index (χ2v) is 18.3. The van der Waals surface area contributed by atoms with Crippen LogP contribution in [0.1, 0.15) is 50.9 Å². The molecule has 3 aromatic heterocycles. The van der Waals surface area contributed by atoms with Gasteiger partial charge in [-0.3, -0.25) is 24.4 Å². The van der Waals surface area contributed by atoms with E-state index in [4.69, 9.17) is 4.98 Å². The zero-order valence-electron chi connectivity index (χ0n) is 35.6. The third kappa shape index (κ3) is 11.6. The molecule has 0 radical (unpaired) electrons. The molecular weight excluding hydrogens is 809 g/mol. The predicted octanol–water partition coefficient (Wildman–Crippen LogP) is 7.02. The second-order valence-electron chi connectivity index (χ2n) is 15.5. The van der Waals surface area contributed by atoms with Crippen LogP contribution in [-0.4, -0.2) is 160 Å². The van der Waals surface area contributed by atoms with Gasteiger partial charge in [-0.2, -0.15) is 0 Å². The summed E-state index contributed by atoms with van der Waals surface area (Å²) in [6, 6.07) is 11.5. The van der Waals surface area contributed by atoms with E-state index in [1.807, 2.05) is 65.6 Å². The quantitative estimate of drug-likeness (QED) is 0.123. The minimum Gasteiger partial charge on any atom is -0.368 e. The lowest BCUT2D eigenvalue weighted by molar-refractivity contribution is 0.0173. The molecule has 15 heteroatoms. The zero-order chi connectivity index (χ0) is 42.8. The number of hydrogen-bond acceptors (Lipinski definition) is 13. The largest absolute Gasteiger partial charge is 0.368 e. The average molecular weight is 867 g/mol. The molecule has 0 unspecified atom stereocenters. The first-order valence-electron chi connectivity index (χ1n) is 20.4. The Bertz CT molecular complexity index is 2120. The standard InChI is InChI=1S/C23H25N5OS2.C12H18N4OS.C10H15N/c1-16-20(31-21(25-16)18-6-4-3-5-7-18)17(2)28-14-19(15-28)26-9-11-27(12-10-26)23(29)22-24-8-13-30-22;1-14-8-10(9-14)15-3-5-16(6-4-15)12(17)11-13-2-7-18-11;1-6-7-9(4)10(5)11-8(2)3/h3-8,13,19H,2,9-12,14-15H2,1H3;2,7,10H,3-6,8-9H2,1H3;6-7H,1-2H2,3-5H3/b;;9-7+,11-10?. The summed E-state index contributed by atoms with van der Waals surface area (Å²) >= 11 is 4.56. The monoisotopic (exact) mass is 866 g/mol. The Morgan fingerprint density at radius 1 is 0.767 bits per heavy atom. The van der Waals surface area contributed by atoms with Crippen molar-refractivity contribution >= 4 is 57.2 Å². The summed E-state index contributed by atoms with van der Waals surface area (Å²) in [5, 5.41) is 5.97. The fourth-order valence-corrected chi connectivity index (χ4v) is 9.77. The highest BCUT2D eigenvalue weighted by Crippen LogP contribution is 2.35. The van der Waals surface area contributed by atoms with Gasteiger partial charge in [-0.25, -0.2) is 15.0 Å². The minimum absolute atomic E-state index is 0.0631. The summed E-state index contributed by atoms with van der Waals surface area (Å²) in [7, 11) is 2.15. The van der Waals surface area contributed by atoms with Crippen LogP contribution in [0.25, 0.3) is 16.3 Å². The molecule has 0 aliphatic carbocycles. The van der Waals surface area contributed by atoms with Crippen LogP contribution in [0.3, 0.4) is 0 Å². The third-order valence-corrected chi connectivity index (χ3v) is 13.9. The molecule has 0 saturated carbocycles. The van der Waals surface area contributed by atoms with Crippen molar-refractivity contribution in [2.75, 3.05) is 85.6 Å². The van der Waals surface area contributed by atoms with Gasteiger partial charge in [-0.1, -0.05) is 62.2 Å². The maximum Gasteiger partial charge on any atom is 0.282 e. The number of hydrogen-bond donors (Lipinski definition) is 0. The van der Waals surface area contributed by atoms with Gasteiger partial charge in [0.25, 0.3) is 11.8 Å². The Kier molecular flexibility index (Phi) is 15.9. The summed E-state index contributed by atoms with van der Waals surface area (Å²) in [4.78, 5) is 56.6. The van der Waals surface area contributed by atoms with Crippen LogP contribution in [-0.2, 0) is 0 Å². The number of benzene rings is 1. The van der Waals surface area contributed by atoms with Crippen molar-refractivity contribution in [2.45, 2.75) is 39.8 Å². The van der Waals surface area contributed by atoms with E-state index in [1.54, 1.807) is 29.8 Å². The second kappa shape index (κ2) is 21.2. The number of carbonyl (C=O) groups is 2. The van der Waals surface area contributed by atoms with E-state index >= 15 is 0 Å². The number of aliphatic imine (C=N–C) groups is 1. The molecule has 12 nitrogen and oxygen atoms in total. The fraction of sp³-hybridized carbons (Fsp3) is 0.422. The third-order valence-electron chi connectivity index (χ3n) is 11.1. The molecule has 0 atom stereocenters. The number of carbonyl (C=O) groups excluding carboxylic acids is 2. The Morgan fingerprint density at radius 2 is 1.28 bits per heavy atom. The fourth-order valence-electron chi connectivity index (χ4n) is 7.50. The molecule has 7 heterocycles. The number of likely N-dealkylation sites (N-methyl/N-ethyl adjacent to an activating group) is 1. The number of likely N-dealkylation sites (tertiary alicyclic amines) is 2. The first-order valence-corrected chi connectivity index (χ1v) is 23.0. The van der Waals surface area contributed by atoms with Crippen molar-refractivity contribution < 1.29 is 9.59 Å². The molecule has 2 amide bonds. The van der Waals surface area contributed by atoms with Crippen molar-refractivity contribution in [3.8, 4) is 10.6 Å². The topological polar surface area (TPSA) is 105 Å². The zero-order valence-corrected chi connectivity index (χ0v) is 38.1. The van der Waals surface area contributed by atoms with E-state index in [2.05, 4.69) is 80.4 Å². The first kappa shape index (κ1) is 44.9. The molecule has 0 N–H and O–H groups in total. The molecule has 1 aromatic carbocycles. The number of aromatic nitrogens is 3. The van der Waals surface area contributed by atoms with Gasteiger partial charge >= 0.3 is 0 Å². The van der Waals surface area contributed by atoms with Gasteiger partial charge in [0.1, 0.15) is 5.01 Å². The number of allylic oxidation sites excluding steroid dienone is 4. The van der Waals surface area contributed by atoms with Crippen LogP contribution in [0.5, 0.6) is 0 Å². The molecule has 60 heavy (non-hydrogen) atoms. The summed E-state index contributed by atoms with van der Waals surface area (Å²) in [6.45, 7) is 30.9. The molecule has 4 aromatic rings. The van der Waals surface area contributed by atoms with Crippen LogP contribution in [0.2, 0.25) is 0 Å². The lowest BCUT2D eigenvalue weighted by atomic mass is 10.0. The predicted molar refractivity (Wildman–Crippen MR) is 249 cm³/mol. The van der Waals surface area contributed by atoms with Gasteiger partial charge in [0, 0.05) is 136 Å². The molecule has 4 aliphatic rings. The van der Waals surface area contributed by atoms with Gasteiger partial charge in [0.15, 0.2) is 10.0 Å². The maximum atomic E-state index is 12.5. The smallest absolute Gasteiger partial charge is 0.282 e. The Labute approximate surface area is 367 Å². The van der Waals surface area contributed by atoms with Crippen molar-refractivity contribution in [1.82, 2.24) is 44.4 Å². The van der Waals surface area contributed by atoms with Gasteiger partial charge in [-0.15, -0.1) is 34.0 Å². The van der Waals surface area contributed by atoms with E-state index in [9.17, 15) is 9.59 Å². The van der Waals surface area contributed by atoms with Crippen LogP contribution >= 0.6 is 34.0 Å². The molecule has 0 spiro atoms. The molecular formula is C45H58N10O2S3. The van der Waals surface area contributed by atoms with Crippen molar-refractivity contribution in [2.24, 2.45) is 4.99 Å². The first-order chi connectivity index (χ1) is 28.9. The molecule has 4 fully saturated rings. The average Bonchev–Trinajstić information content (AvgIpc) is 4.04. The SMILES string of the molecule is C=C(c1sc(-c2ccccc2)nc1C)N1CC(N2CCN(C(=O)c3nccs3)CC2)C1.C=C/C=C(\C)C(C)=NC(=C)C.CN1CC(N2CCN(C(=O)c3nccs3)CC2)C1. The van der Waals surface area contributed by atoms with E-state index in [-0.39, 0.29) is 11.8 Å². The number of amides is 2. The highest BCUT2D eigenvalue weighted by molar-refractivity contribution is 7.16. The molecule has 0 bridgehead atoms. The van der Waals surface area contributed by atoms with Gasteiger partial charge in [0.2, 0.25) is 0 Å². The normalized spacial score (nSPS) is 18.4. The van der Waals surface area contributed by atoms with Crippen LogP contribution < -0.4 is 0 Å². The van der Waals surface area contributed by atoms with Gasteiger partial charge in [-0.05, 0) is 40.3 Å². The van der Waals surface area contributed by atoms with Crippen LogP contribution in [0.15, 0.2) is 102 Å². The van der Waals surface area contributed by atoms with E-state index in [0.29, 0.717) is 22.1 Å². The highest BCUT2D eigenvalue weighted by Gasteiger charge is 2.36. The van der Waals surface area contributed by atoms with Crippen LogP contribution in [0.4, 0.5) is 0 Å². The number of aryl methyl sites for hydroxylation is 1. The van der Waals surface area contributed by atoms with E-state index in [0.717, 1.165) is 104 Å². The number of piperazine rings is 2. The molecule has 318 valence electrons. The Morgan fingerprint density at radius 3 is 1.73 bits per heavy atom. The summed E-state index contributed by atoms with van der Waals surface area (Å²) in [6.07, 6.45) is 7.07. The molecule has 4 aliphatic heterocycles. The molecule has 4 saturated heterocycles. The molecule has 8 rings (SSSR count). The highest BCUT2D eigenvalue weighted by atomic mass is 32.1. The Hall–Kier alpha value is -4.64. The number of rotatable bonds is 10. The van der Waals surface area contributed by atoms with Crippen molar-refractivity contribution in [3.63, 3.8) is 0 Å². The van der Waals surface area contributed by atoms with Gasteiger partial charge < -0.3 is 19.6 Å².